The Morgan fingerprint density at radius 2 is 1.69 bits per heavy atom. The van der Waals surface area contributed by atoms with Crippen molar-refractivity contribution in [3.05, 3.63) is 51.9 Å². The minimum Gasteiger partial charge on any atom is -0.345 e. The molecule has 1 aliphatic carbocycles. The van der Waals surface area contributed by atoms with Crippen LogP contribution in [0.25, 0.3) is 0 Å². The number of benzene rings is 1. The first-order chi connectivity index (χ1) is 19.0. The highest BCUT2D eigenvalue weighted by Crippen LogP contribution is 2.31. The summed E-state index contributed by atoms with van der Waals surface area (Å²) in [5.41, 5.74) is 1.97. The first-order valence-corrected chi connectivity index (χ1v) is 15.2. The molecular weight excluding hydrogens is 554 g/mol. The second kappa shape index (κ2) is 13.3. The standard InChI is InChI=1S/C30H40BrN7O/c1-35-12-10-24(11-13-35)21-37-16-14-36(15-17-37)20-23-6-8-25(9-7-23)28(39)22-38(26-4-2-3-5-26)30-27(31)19-33-29(18-32)34-30/h6-9,19,24,26H,2-5,10-17,20-22H2,1H3. The van der Waals surface area contributed by atoms with Gasteiger partial charge in [0.1, 0.15) is 11.9 Å². The van der Waals surface area contributed by atoms with E-state index in [1.807, 2.05) is 18.2 Å². The summed E-state index contributed by atoms with van der Waals surface area (Å²) in [5.74, 6) is 1.68. The molecule has 1 aromatic heterocycles. The summed E-state index contributed by atoms with van der Waals surface area (Å²) in [6.45, 7) is 9.38. The molecule has 0 spiro atoms. The lowest BCUT2D eigenvalue weighted by molar-refractivity contribution is 0.0963. The summed E-state index contributed by atoms with van der Waals surface area (Å²) < 4.78 is 0.711. The number of halogens is 1. The number of rotatable bonds is 9. The zero-order valence-electron chi connectivity index (χ0n) is 23.1. The maximum absolute atomic E-state index is 13.4. The summed E-state index contributed by atoms with van der Waals surface area (Å²) in [5, 5.41) is 9.31. The number of hydrogen-bond donors (Lipinski definition) is 0. The smallest absolute Gasteiger partial charge is 0.234 e. The van der Waals surface area contributed by atoms with E-state index in [4.69, 9.17) is 0 Å². The molecule has 2 aromatic rings. The number of nitriles is 1. The lowest BCUT2D eigenvalue weighted by atomic mass is 9.96. The topological polar surface area (TPSA) is 79.6 Å². The maximum Gasteiger partial charge on any atom is 0.234 e. The number of piperidine rings is 1. The molecule has 0 bridgehead atoms. The van der Waals surface area contributed by atoms with Crippen LogP contribution in [-0.4, -0.2) is 95.9 Å². The number of hydrogen-bond acceptors (Lipinski definition) is 8. The van der Waals surface area contributed by atoms with E-state index >= 15 is 0 Å². The van der Waals surface area contributed by atoms with Gasteiger partial charge in [0.2, 0.25) is 5.82 Å². The monoisotopic (exact) mass is 593 g/mol. The predicted octanol–water partition coefficient (Wildman–Crippen LogP) is 4.20. The fraction of sp³-hybridized carbons (Fsp3) is 0.600. The molecular formula is C30H40BrN7O. The normalized spacial score (nSPS) is 20.2. The third-order valence-electron chi connectivity index (χ3n) is 8.68. The number of ketones is 1. The lowest BCUT2D eigenvalue weighted by Crippen LogP contribution is -2.48. The van der Waals surface area contributed by atoms with Gasteiger partial charge < -0.3 is 14.7 Å². The highest BCUT2D eigenvalue weighted by Gasteiger charge is 2.28. The third kappa shape index (κ3) is 7.43. The van der Waals surface area contributed by atoms with Crippen molar-refractivity contribution in [2.24, 2.45) is 5.92 Å². The number of nitrogens with zero attached hydrogens (tertiary/aromatic N) is 7. The average molecular weight is 595 g/mol. The van der Waals surface area contributed by atoms with Crippen LogP contribution in [0.2, 0.25) is 0 Å². The summed E-state index contributed by atoms with van der Waals surface area (Å²) in [4.78, 5) is 31.6. The molecule has 0 unspecified atom stereocenters. The van der Waals surface area contributed by atoms with Gasteiger partial charge >= 0.3 is 0 Å². The van der Waals surface area contributed by atoms with E-state index in [0.717, 1.165) is 69.9 Å². The van der Waals surface area contributed by atoms with E-state index in [1.165, 1.54) is 38.0 Å². The van der Waals surface area contributed by atoms with Crippen LogP contribution in [0.15, 0.2) is 34.9 Å². The zero-order chi connectivity index (χ0) is 27.2. The fourth-order valence-corrected chi connectivity index (χ4v) is 6.67. The Kier molecular flexibility index (Phi) is 9.62. The van der Waals surface area contributed by atoms with Crippen LogP contribution in [0.5, 0.6) is 0 Å². The van der Waals surface area contributed by atoms with Crippen LogP contribution in [-0.2, 0) is 6.54 Å². The lowest BCUT2D eigenvalue weighted by Gasteiger charge is -2.38. The number of carbonyl (C=O) groups is 1. The Balaban J connectivity index is 1.15. The van der Waals surface area contributed by atoms with Gasteiger partial charge in [-0.25, -0.2) is 9.97 Å². The molecule has 5 rings (SSSR count). The fourth-order valence-electron chi connectivity index (χ4n) is 6.25. The molecule has 3 heterocycles. The number of piperazine rings is 1. The van der Waals surface area contributed by atoms with Crippen molar-refractivity contribution in [3.8, 4) is 6.07 Å². The van der Waals surface area contributed by atoms with Crippen LogP contribution in [0, 0.1) is 17.2 Å². The molecule has 0 amide bonds. The van der Waals surface area contributed by atoms with Gasteiger partial charge in [-0.3, -0.25) is 9.69 Å². The van der Waals surface area contributed by atoms with Crippen molar-refractivity contribution in [3.63, 3.8) is 0 Å². The Bertz CT molecular complexity index is 1140. The SMILES string of the molecule is CN1CCC(CN2CCN(Cc3ccc(C(=O)CN(c4nc(C#N)ncc4Br)C4CCCC4)cc3)CC2)CC1. The van der Waals surface area contributed by atoms with E-state index in [2.05, 4.69) is 64.7 Å². The van der Waals surface area contributed by atoms with Crippen molar-refractivity contribution in [2.45, 2.75) is 51.1 Å². The Labute approximate surface area is 241 Å². The van der Waals surface area contributed by atoms with E-state index in [1.54, 1.807) is 6.20 Å². The maximum atomic E-state index is 13.4. The van der Waals surface area contributed by atoms with Crippen molar-refractivity contribution in [1.82, 2.24) is 24.7 Å². The first-order valence-electron chi connectivity index (χ1n) is 14.4. The Morgan fingerprint density at radius 3 is 2.36 bits per heavy atom. The van der Waals surface area contributed by atoms with Gasteiger partial charge in [-0.2, -0.15) is 5.26 Å². The minimum absolute atomic E-state index is 0.0694. The van der Waals surface area contributed by atoms with Crippen molar-refractivity contribution >= 4 is 27.5 Å². The minimum atomic E-state index is 0.0694. The van der Waals surface area contributed by atoms with Crippen LogP contribution < -0.4 is 4.90 Å². The Morgan fingerprint density at radius 1 is 1.03 bits per heavy atom. The number of Topliss-reactive ketones (excluding diaryl/α,β-unsaturated/α-hetero) is 1. The number of aromatic nitrogens is 2. The molecule has 2 saturated heterocycles. The molecule has 3 fully saturated rings. The van der Waals surface area contributed by atoms with Crippen molar-refractivity contribution in [1.29, 1.82) is 5.26 Å². The largest absolute Gasteiger partial charge is 0.345 e. The van der Waals surface area contributed by atoms with Crippen LogP contribution in [0.1, 0.15) is 60.3 Å². The third-order valence-corrected chi connectivity index (χ3v) is 9.24. The molecule has 3 aliphatic rings. The molecule has 0 N–H and O–H groups in total. The highest BCUT2D eigenvalue weighted by molar-refractivity contribution is 9.10. The highest BCUT2D eigenvalue weighted by atomic mass is 79.9. The van der Waals surface area contributed by atoms with Gasteiger partial charge in [0.25, 0.3) is 0 Å². The van der Waals surface area contributed by atoms with Crippen LogP contribution in [0.4, 0.5) is 5.82 Å². The van der Waals surface area contributed by atoms with Gasteiger partial charge in [0.15, 0.2) is 5.78 Å². The molecule has 8 nitrogen and oxygen atoms in total. The molecule has 9 heteroatoms. The van der Waals surface area contributed by atoms with Gasteiger partial charge in [0, 0.05) is 57.1 Å². The van der Waals surface area contributed by atoms with Crippen LogP contribution >= 0.6 is 15.9 Å². The number of likely N-dealkylation sites (tertiary alicyclic amines) is 1. The second-order valence-electron chi connectivity index (χ2n) is 11.5. The van der Waals surface area contributed by atoms with Crippen molar-refractivity contribution < 1.29 is 4.79 Å². The molecule has 2 aliphatic heterocycles. The summed E-state index contributed by atoms with van der Waals surface area (Å²) in [7, 11) is 2.23. The van der Waals surface area contributed by atoms with E-state index < -0.39 is 0 Å². The average Bonchev–Trinajstić information content (AvgIpc) is 3.50. The molecule has 39 heavy (non-hydrogen) atoms. The predicted molar refractivity (Wildman–Crippen MR) is 157 cm³/mol. The van der Waals surface area contributed by atoms with Gasteiger partial charge in [0.05, 0.1) is 11.0 Å². The second-order valence-corrected chi connectivity index (χ2v) is 12.3. The summed E-state index contributed by atoms with van der Waals surface area (Å²) in [6, 6.07) is 10.4. The summed E-state index contributed by atoms with van der Waals surface area (Å²) in [6.07, 6.45) is 8.60. The summed E-state index contributed by atoms with van der Waals surface area (Å²) >= 11 is 3.54. The first kappa shape index (κ1) is 28.2. The zero-order valence-corrected chi connectivity index (χ0v) is 24.7. The number of anilines is 1. The van der Waals surface area contributed by atoms with Crippen LogP contribution in [0.3, 0.4) is 0 Å². The number of carbonyl (C=O) groups excluding carboxylic acids is 1. The molecule has 208 valence electrons. The molecule has 1 saturated carbocycles. The van der Waals surface area contributed by atoms with Crippen molar-refractivity contribution in [2.75, 3.05) is 64.3 Å². The van der Waals surface area contributed by atoms with Gasteiger partial charge in [-0.15, -0.1) is 0 Å². The van der Waals surface area contributed by atoms with E-state index in [9.17, 15) is 10.1 Å². The molecule has 0 atom stereocenters. The Hall–Kier alpha value is -2.38. The van der Waals surface area contributed by atoms with E-state index in [-0.39, 0.29) is 24.2 Å². The molecule has 0 radical (unpaired) electrons. The van der Waals surface area contributed by atoms with E-state index in [0.29, 0.717) is 10.3 Å². The quantitative estimate of drug-likeness (QED) is 0.400. The van der Waals surface area contributed by atoms with Gasteiger partial charge in [-0.1, -0.05) is 37.1 Å². The van der Waals surface area contributed by atoms with Gasteiger partial charge in [-0.05, 0) is 73.2 Å². The molecule has 1 aromatic carbocycles.